The molecule has 0 aliphatic carbocycles. The molecule has 0 bridgehead atoms. The van der Waals surface area contributed by atoms with Gasteiger partial charge in [-0.05, 0) is 44.1 Å². The first-order valence-corrected chi connectivity index (χ1v) is 13.6. The predicted molar refractivity (Wildman–Crippen MR) is 152 cm³/mol. The van der Waals surface area contributed by atoms with Crippen LogP contribution in [0.15, 0.2) is 42.0 Å². The van der Waals surface area contributed by atoms with Crippen LogP contribution in [0.2, 0.25) is 0 Å². The van der Waals surface area contributed by atoms with Gasteiger partial charge in [0.1, 0.15) is 23.7 Å². The van der Waals surface area contributed by atoms with Crippen LogP contribution in [0.5, 0.6) is 0 Å². The van der Waals surface area contributed by atoms with Crippen molar-refractivity contribution in [2.24, 2.45) is 11.8 Å². The zero-order chi connectivity index (χ0) is 30.2. The van der Waals surface area contributed by atoms with E-state index in [-0.39, 0.29) is 42.7 Å². The van der Waals surface area contributed by atoms with Gasteiger partial charge in [-0.1, -0.05) is 64.1 Å². The minimum atomic E-state index is -1.84. The van der Waals surface area contributed by atoms with Crippen LogP contribution in [0.3, 0.4) is 0 Å². The topological polar surface area (TPSA) is 181 Å². The van der Waals surface area contributed by atoms with Crippen molar-refractivity contribution in [3.05, 3.63) is 47.5 Å². The van der Waals surface area contributed by atoms with E-state index < -0.39 is 42.9 Å². The lowest BCUT2D eigenvalue weighted by molar-refractivity contribution is -0.132. The van der Waals surface area contributed by atoms with Crippen molar-refractivity contribution in [1.82, 2.24) is 21.3 Å². The maximum atomic E-state index is 13.2. The molecule has 0 unspecified atom stereocenters. The number of benzene rings is 1. The molecule has 6 N–H and O–H groups in total. The Morgan fingerprint density at radius 2 is 1.57 bits per heavy atom. The van der Waals surface area contributed by atoms with Gasteiger partial charge in [-0.2, -0.15) is 5.26 Å². The zero-order valence-corrected chi connectivity index (χ0v) is 23.9. The van der Waals surface area contributed by atoms with Crippen LogP contribution >= 0.6 is 0 Å². The Kier molecular flexibility index (Phi) is 15.3. The molecule has 0 spiro atoms. The van der Waals surface area contributed by atoms with Gasteiger partial charge in [-0.3, -0.25) is 19.2 Å². The normalized spacial score (nSPS) is 13.6. The van der Waals surface area contributed by atoms with Crippen LogP contribution in [0.4, 0.5) is 0 Å². The maximum absolute atomic E-state index is 13.2. The molecule has 0 radical (unpaired) electrons. The summed E-state index contributed by atoms with van der Waals surface area (Å²) in [4.78, 5) is 50.2. The molecule has 0 aliphatic heterocycles. The molecule has 4 amide bonds. The highest BCUT2D eigenvalue weighted by atomic mass is 16.4. The largest absolute Gasteiger partial charge is 0.475 e. The van der Waals surface area contributed by atoms with E-state index in [4.69, 9.17) is 0 Å². The number of nitrogens with one attached hydrogen (secondary N) is 4. The second-order valence-electron chi connectivity index (χ2n) is 10.4. The van der Waals surface area contributed by atoms with Crippen molar-refractivity contribution < 1.29 is 29.2 Å². The molecular formula is C28H42BN5O6. The van der Waals surface area contributed by atoms with Gasteiger partial charge in [0.25, 0.3) is 5.91 Å². The first-order chi connectivity index (χ1) is 18.8. The van der Waals surface area contributed by atoms with Crippen LogP contribution < -0.4 is 21.3 Å². The van der Waals surface area contributed by atoms with Crippen LogP contribution in [0.1, 0.15) is 59.4 Å². The summed E-state index contributed by atoms with van der Waals surface area (Å²) in [6.07, 6.45) is 2.80. The number of unbranched alkanes of at least 4 members (excludes halogenated alkanes) is 1. The van der Waals surface area contributed by atoms with Crippen molar-refractivity contribution in [3.63, 3.8) is 0 Å². The Labute approximate surface area is 236 Å². The first-order valence-electron chi connectivity index (χ1n) is 13.6. The first kappa shape index (κ1) is 34.3. The Balaban J connectivity index is 2.87. The monoisotopic (exact) mass is 555 g/mol. The molecule has 0 saturated heterocycles. The highest BCUT2D eigenvalue weighted by molar-refractivity contribution is 6.43. The number of hydrogen-bond donors (Lipinski definition) is 6. The summed E-state index contributed by atoms with van der Waals surface area (Å²) in [5.74, 6) is -3.28. The summed E-state index contributed by atoms with van der Waals surface area (Å²) in [7, 11) is -1.84. The Hall–Kier alpha value is -3.69. The SMILES string of the molecule is CC(C)C=C(C#N)C(=O)NCCCC[C@H](NC(=O)[C@H](C)NC(=O)C(C)C)C(=O)N[C@@H](Cc1ccccc1)B(O)O. The molecule has 1 rings (SSSR count). The summed E-state index contributed by atoms with van der Waals surface area (Å²) in [6.45, 7) is 8.87. The van der Waals surface area contributed by atoms with Gasteiger partial charge in [0, 0.05) is 12.5 Å². The molecule has 0 aliphatic rings. The fraction of sp³-hybridized carbons (Fsp3) is 0.536. The van der Waals surface area contributed by atoms with E-state index in [0.29, 0.717) is 12.8 Å². The van der Waals surface area contributed by atoms with Gasteiger partial charge in [-0.25, -0.2) is 0 Å². The fourth-order valence-electron chi connectivity index (χ4n) is 3.66. The van der Waals surface area contributed by atoms with E-state index >= 15 is 0 Å². The van der Waals surface area contributed by atoms with E-state index in [1.807, 2.05) is 26.0 Å². The second kappa shape index (κ2) is 17.8. The molecule has 0 aromatic heterocycles. The summed E-state index contributed by atoms with van der Waals surface area (Å²) >= 11 is 0. The number of carbonyl (C=O) groups is 4. The fourth-order valence-corrected chi connectivity index (χ4v) is 3.66. The average Bonchev–Trinajstić information content (AvgIpc) is 2.90. The van der Waals surface area contributed by atoms with Crippen molar-refractivity contribution in [1.29, 1.82) is 5.26 Å². The quantitative estimate of drug-likeness (QED) is 0.0754. The molecule has 1 aromatic rings. The molecule has 40 heavy (non-hydrogen) atoms. The van der Waals surface area contributed by atoms with Crippen LogP contribution in [0, 0.1) is 23.2 Å². The van der Waals surface area contributed by atoms with Crippen LogP contribution in [0.25, 0.3) is 0 Å². The third-order valence-corrected chi connectivity index (χ3v) is 5.97. The van der Waals surface area contributed by atoms with E-state index in [0.717, 1.165) is 5.56 Å². The summed E-state index contributed by atoms with van der Waals surface area (Å²) in [6, 6.07) is 8.95. The van der Waals surface area contributed by atoms with Gasteiger partial charge >= 0.3 is 7.12 Å². The average molecular weight is 555 g/mol. The molecule has 0 heterocycles. The molecule has 1 aromatic carbocycles. The minimum Gasteiger partial charge on any atom is -0.426 e. The molecule has 218 valence electrons. The van der Waals surface area contributed by atoms with E-state index in [2.05, 4.69) is 21.3 Å². The Bertz CT molecular complexity index is 1060. The van der Waals surface area contributed by atoms with Gasteiger partial charge in [0.05, 0.1) is 5.94 Å². The number of hydrogen-bond acceptors (Lipinski definition) is 7. The lowest BCUT2D eigenvalue weighted by Gasteiger charge is -2.25. The van der Waals surface area contributed by atoms with Crippen molar-refractivity contribution >= 4 is 30.7 Å². The maximum Gasteiger partial charge on any atom is 0.475 e. The molecular weight excluding hydrogens is 513 g/mol. The smallest absolute Gasteiger partial charge is 0.426 e. The molecule has 0 saturated carbocycles. The molecule has 0 fully saturated rings. The summed E-state index contributed by atoms with van der Waals surface area (Å²) in [5.41, 5.74) is 0.814. The highest BCUT2D eigenvalue weighted by Crippen LogP contribution is 2.08. The highest BCUT2D eigenvalue weighted by Gasteiger charge is 2.30. The Morgan fingerprint density at radius 3 is 2.12 bits per heavy atom. The Morgan fingerprint density at radius 1 is 0.925 bits per heavy atom. The third kappa shape index (κ3) is 12.9. The number of rotatable bonds is 16. The van der Waals surface area contributed by atoms with Crippen LogP contribution in [-0.2, 0) is 25.6 Å². The van der Waals surface area contributed by atoms with Crippen molar-refractivity contribution in [3.8, 4) is 6.07 Å². The molecule has 11 nitrogen and oxygen atoms in total. The number of nitriles is 1. The number of nitrogens with zero attached hydrogens (tertiary/aromatic N) is 1. The predicted octanol–water partition coefficient (Wildman–Crippen LogP) is 0.764. The van der Waals surface area contributed by atoms with Gasteiger partial charge in [0.2, 0.25) is 17.7 Å². The zero-order valence-electron chi connectivity index (χ0n) is 23.9. The lowest BCUT2D eigenvalue weighted by Crippen LogP contribution is -2.57. The molecule has 3 atom stereocenters. The van der Waals surface area contributed by atoms with Gasteiger partial charge in [-0.15, -0.1) is 0 Å². The number of carbonyl (C=O) groups excluding carboxylic acids is 4. The van der Waals surface area contributed by atoms with E-state index in [1.54, 1.807) is 44.2 Å². The van der Waals surface area contributed by atoms with Crippen LogP contribution in [-0.4, -0.2) is 65.4 Å². The van der Waals surface area contributed by atoms with Gasteiger partial charge in [0.15, 0.2) is 0 Å². The van der Waals surface area contributed by atoms with Crippen molar-refractivity contribution in [2.45, 2.75) is 78.3 Å². The third-order valence-electron chi connectivity index (χ3n) is 5.97. The summed E-state index contributed by atoms with van der Waals surface area (Å²) in [5, 5.41) is 39.5. The minimum absolute atomic E-state index is 0.0315. The number of allylic oxidation sites excluding steroid dienone is 1. The second-order valence-corrected chi connectivity index (χ2v) is 10.4. The van der Waals surface area contributed by atoms with Gasteiger partial charge < -0.3 is 31.3 Å². The van der Waals surface area contributed by atoms with Crippen molar-refractivity contribution in [2.75, 3.05) is 6.54 Å². The summed E-state index contributed by atoms with van der Waals surface area (Å²) < 4.78 is 0. The van der Waals surface area contributed by atoms with E-state index in [1.165, 1.54) is 6.92 Å². The molecule has 12 heteroatoms. The standard InChI is InChI=1S/C28H42BN5O6/c1-18(2)15-22(17-30)27(37)31-14-10-9-13-23(33-26(36)20(5)32-25(35)19(3)4)28(38)34-24(29(39)40)16-21-11-7-6-8-12-21/h6-8,11-12,15,18-20,23-24,39-40H,9-10,13-14,16H2,1-5H3,(H,31,37)(H,32,35)(H,33,36)(H,34,38)/t20-,23-,24-/m0/s1. The number of amides is 4. The lowest BCUT2D eigenvalue weighted by atomic mass is 9.75. The van der Waals surface area contributed by atoms with E-state index in [9.17, 15) is 34.5 Å².